The molecular weight excluding hydrogens is 403 g/mol. The van der Waals surface area contributed by atoms with Crippen LogP contribution in [-0.4, -0.2) is 20.1 Å². The number of hydrogen-bond donors (Lipinski definition) is 1. The van der Waals surface area contributed by atoms with Crippen molar-refractivity contribution in [3.05, 3.63) is 81.7 Å². The molecule has 4 rings (SSSR count). The maximum absolute atomic E-state index is 13.8. The lowest BCUT2D eigenvalue weighted by Crippen LogP contribution is -2.08. The van der Waals surface area contributed by atoms with Crippen LogP contribution in [-0.2, 0) is 5.75 Å². The van der Waals surface area contributed by atoms with Gasteiger partial charge in [-0.3, -0.25) is 4.79 Å². The molecule has 0 saturated heterocycles. The Hall–Kier alpha value is -2.97. The average Bonchev–Trinajstić information content (AvgIpc) is 3.15. The number of aromatic amines is 1. The molecule has 0 aliphatic heterocycles. The summed E-state index contributed by atoms with van der Waals surface area (Å²) in [6.45, 7) is 0. The lowest BCUT2D eigenvalue weighted by molar-refractivity contribution is 0.391. The molecule has 1 N–H and O–H groups in total. The van der Waals surface area contributed by atoms with Crippen LogP contribution in [0.15, 0.2) is 69.1 Å². The van der Waals surface area contributed by atoms with E-state index in [1.54, 1.807) is 36.4 Å². The Balaban J connectivity index is 1.53. The van der Waals surface area contributed by atoms with E-state index in [2.05, 4.69) is 20.1 Å². The highest BCUT2D eigenvalue weighted by Crippen LogP contribution is 2.25. The molecule has 0 bridgehead atoms. The normalized spacial score (nSPS) is 10.9. The van der Waals surface area contributed by atoms with Gasteiger partial charge in [0, 0.05) is 16.7 Å². The summed E-state index contributed by atoms with van der Waals surface area (Å²) in [5.41, 5.74) is 1.22. The topological polar surface area (TPSA) is 84.7 Å². The van der Waals surface area contributed by atoms with E-state index in [1.165, 1.54) is 23.9 Å². The summed E-state index contributed by atoms with van der Waals surface area (Å²) >= 11 is 7.23. The van der Waals surface area contributed by atoms with Crippen molar-refractivity contribution in [1.29, 1.82) is 0 Å². The Morgan fingerprint density at radius 1 is 1.11 bits per heavy atom. The van der Waals surface area contributed by atoms with Crippen molar-refractivity contribution in [1.82, 2.24) is 20.1 Å². The summed E-state index contributed by atoms with van der Waals surface area (Å²) in [5, 5.41) is 4.76. The molecule has 0 atom stereocenters. The van der Waals surface area contributed by atoms with Crippen LogP contribution in [0.25, 0.3) is 22.6 Å². The van der Waals surface area contributed by atoms with Gasteiger partial charge in [0.25, 0.3) is 5.56 Å². The van der Waals surface area contributed by atoms with Gasteiger partial charge in [0.05, 0.1) is 17.0 Å². The molecule has 9 heteroatoms. The summed E-state index contributed by atoms with van der Waals surface area (Å²) < 4.78 is 19.0. The first-order valence-corrected chi connectivity index (χ1v) is 9.52. The van der Waals surface area contributed by atoms with Gasteiger partial charge >= 0.3 is 0 Å². The molecule has 0 spiro atoms. The van der Waals surface area contributed by atoms with Crippen LogP contribution in [0.4, 0.5) is 4.39 Å². The van der Waals surface area contributed by atoms with Gasteiger partial charge in [-0.25, -0.2) is 9.37 Å². The van der Waals surface area contributed by atoms with E-state index in [0.29, 0.717) is 21.8 Å². The second-order valence-electron chi connectivity index (χ2n) is 5.73. The van der Waals surface area contributed by atoms with Crippen molar-refractivity contribution in [3.63, 3.8) is 0 Å². The first-order chi connectivity index (χ1) is 13.6. The molecule has 28 heavy (non-hydrogen) atoms. The van der Waals surface area contributed by atoms with E-state index in [1.807, 2.05) is 6.07 Å². The van der Waals surface area contributed by atoms with Crippen LogP contribution >= 0.6 is 23.4 Å². The second kappa shape index (κ2) is 7.95. The molecule has 0 amide bonds. The van der Waals surface area contributed by atoms with Gasteiger partial charge < -0.3 is 9.51 Å². The Bertz CT molecular complexity index is 1190. The van der Waals surface area contributed by atoms with E-state index in [-0.39, 0.29) is 22.7 Å². The lowest BCUT2D eigenvalue weighted by atomic mass is 10.1. The number of hydrogen-bond acceptors (Lipinski definition) is 6. The van der Waals surface area contributed by atoms with Crippen molar-refractivity contribution in [2.24, 2.45) is 0 Å². The SMILES string of the molecule is O=c1cc(-c2cccc(Cl)c2)nc(SCc2nc(-c3ccccc3F)no2)[nH]1. The number of rotatable bonds is 5. The van der Waals surface area contributed by atoms with Crippen molar-refractivity contribution >= 4 is 23.4 Å². The second-order valence-corrected chi connectivity index (χ2v) is 7.13. The summed E-state index contributed by atoms with van der Waals surface area (Å²) in [5.74, 6) is 0.299. The predicted octanol–water partition coefficient (Wildman–Crippen LogP) is 4.57. The van der Waals surface area contributed by atoms with E-state index in [9.17, 15) is 9.18 Å². The Morgan fingerprint density at radius 3 is 2.79 bits per heavy atom. The quantitative estimate of drug-likeness (QED) is 0.380. The third-order valence-corrected chi connectivity index (χ3v) is 4.85. The van der Waals surface area contributed by atoms with Crippen molar-refractivity contribution in [2.45, 2.75) is 10.9 Å². The number of nitrogens with one attached hydrogen (secondary N) is 1. The fourth-order valence-electron chi connectivity index (χ4n) is 2.49. The highest BCUT2D eigenvalue weighted by molar-refractivity contribution is 7.98. The summed E-state index contributed by atoms with van der Waals surface area (Å²) in [6, 6.07) is 14.7. The van der Waals surface area contributed by atoms with Crippen LogP contribution in [0.2, 0.25) is 5.02 Å². The van der Waals surface area contributed by atoms with Gasteiger partial charge in [-0.2, -0.15) is 4.98 Å². The molecule has 2 aromatic carbocycles. The fourth-order valence-corrected chi connectivity index (χ4v) is 3.40. The van der Waals surface area contributed by atoms with Crippen LogP contribution in [0.1, 0.15) is 5.89 Å². The highest BCUT2D eigenvalue weighted by atomic mass is 35.5. The van der Waals surface area contributed by atoms with Gasteiger partial charge in [0.1, 0.15) is 5.82 Å². The van der Waals surface area contributed by atoms with Gasteiger partial charge in [0.15, 0.2) is 5.16 Å². The Morgan fingerprint density at radius 2 is 1.96 bits per heavy atom. The number of benzene rings is 2. The minimum Gasteiger partial charge on any atom is -0.338 e. The van der Waals surface area contributed by atoms with E-state index in [0.717, 1.165) is 5.56 Å². The molecule has 0 radical (unpaired) electrons. The van der Waals surface area contributed by atoms with Crippen molar-refractivity contribution < 1.29 is 8.91 Å². The molecule has 0 saturated carbocycles. The zero-order valence-corrected chi connectivity index (χ0v) is 15.8. The monoisotopic (exact) mass is 414 g/mol. The third-order valence-electron chi connectivity index (χ3n) is 3.76. The minimum atomic E-state index is -0.428. The van der Waals surface area contributed by atoms with Crippen LogP contribution in [0.3, 0.4) is 0 Å². The van der Waals surface area contributed by atoms with Gasteiger partial charge in [-0.15, -0.1) is 0 Å². The summed E-state index contributed by atoms with van der Waals surface area (Å²) in [6.07, 6.45) is 0. The molecular formula is C19H12ClFN4O2S. The zero-order chi connectivity index (χ0) is 19.5. The fraction of sp³-hybridized carbons (Fsp3) is 0.0526. The standard InChI is InChI=1S/C19H12ClFN4O2S/c20-12-5-3-4-11(8-12)15-9-16(26)23-19(22-15)28-10-17-24-18(25-27-17)13-6-1-2-7-14(13)21/h1-9H,10H2,(H,22,23,26). The van der Waals surface area contributed by atoms with Crippen LogP contribution in [0.5, 0.6) is 0 Å². The number of halogens is 2. The maximum Gasteiger partial charge on any atom is 0.252 e. The Kier molecular flexibility index (Phi) is 5.23. The van der Waals surface area contributed by atoms with Crippen molar-refractivity contribution in [2.75, 3.05) is 0 Å². The first-order valence-electron chi connectivity index (χ1n) is 8.16. The summed E-state index contributed by atoms with van der Waals surface area (Å²) in [4.78, 5) is 23.3. The molecule has 0 unspecified atom stereocenters. The average molecular weight is 415 g/mol. The lowest BCUT2D eigenvalue weighted by Gasteiger charge is -2.03. The highest BCUT2D eigenvalue weighted by Gasteiger charge is 2.13. The number of thioether (sulfide) groups is 1. The molecule has 140 valence electrons. The minimum absolute atomic E-state index is 0.169. The van der Waals surface area contributed by atoms with Crippen LogP contribution < -0.4 is 5.56 Å². The maximum atomic E-state index is 13.8. The smallest absolute Gasteiger partial charge is 0.252 e. The van der Waals surface area contributed by atoms with Crippen LogP contribution in [0, 0.1) is 5.82 Å². The van der Waals surface area contributed by atoms with E-state index < -0.39 is 5.82 Å². The predicted molar refractivity (Wildman–Crippen MR) is 105 cm³/mol. The molecule has 4 aromatic rings. The van der Waals surface area contributed by atoms with E-state index >= 15 is 0 Å². The van der Waals surface area contributed by atoms with Gasteiger partial charge in [-0.1, -0.05) is 52.8 Å². The molecule has 2 heterocycles. The Labute approximate surface area is 167 Å². The first kappa shape index (κ1) is 18.4. The summed E-state index contributed by atoms with van der Waals surface area (Å²) in [7, 11) is 0. The largest absolute Gasteiger partial charge is 0.338 e. The molecule has 0 fully saturated rings. The molecule has 2 aromatic heterocycles. The number of H-pyrrole nitrogens is 1. The van der Waals surface area contributed by atoms with Crippen molar-refractivity contribution in [3.8, 4) is 22.6 Å². The van der Waals surface area contributed by atoms with Gasteiger partial charge in [0.2, 0.25) is 11.7 Å². The third kappa shape index (κ3) is 4.13. The zero-order valence-electron chi connectivity index (χ0n) is 14.2. The molecule has 0 aliphatic carbocycles. The number of aromatic nitrogens is 4. The van der Waals surface area contributed by atoms with E-state index in [4.69, 9.17) is 16.1 Å². The number of nitrogens with zero attached hydrogens (tertiary/aromatic N) is 3. The molecule has 0 aliphatic rings. The molecule has 6 nitrogen and oxygen atoms in total. The van der Waals surface area contributed by atoms with Gasteiger partial charge in [-0.05, 0) is 24.3 Å².